The van der Waals surface area contributed by atoms with Crippen molar-refractivity contribution in [2.45, 2.75) is 63.5 Å². The number of aliphatic hydroxyl groups excluding tert-OH is 1. The maximum Gasteiger partial charge on any atom is 0.254 e. The monoisotopic (exact) mass is 578 g/mol. The number of nitrogens with one attached hydrogen (secondary N) is 1. The van der Waals surface area contributed by atoms with E-state index in [1.54, 1.807) is 7.11 Å². The van der Waals surface area contributed by atoms with Crippen LogP contribution in [0.4, 0.5) is 0 Å². The summed E-state index contributed by atoms with van der Waals surface area (Å²) in [5.74, 6) is 2.59. The molecule has 0 radical (unpaired) electrons. The summed E-state index contributed by atoms with van der Waals surface area (Å²) in [4.78, 5) is 30.7. The molecule has 43 heavy (non-hydrogen) atoms. The summed E-state index contributed by atoms with van der Waals surface area (Å²) >= 11 is 0. The van der Waals surface area contributed by atoms with Crippen LogP contribution in [-0.4, -0.2) is 42.0 Å². The third-order valence-corrected chi connectivity index (χ3v) is 10.8. The van der Waals surface area contributed by atoms with Gasteiger partial charge in [0, 0.05) is 18.7 Å². The first-order chi connectivity index (χ1) is 20.9. The van der Waals surface area contributed by atoms with E-state index in [2.05, 4.69) is 10.2 Å². The van der Waals surface area contributed by atoms with Gasteiger partial charge in [0.25, 0.3) is 5.91 Å². The number of fused-ring (bicyclic) bond motifs is 1. The Morgan fingerprint density at radius 1 is 0.907 bits per heavy atom. The second-order valence-corrected chi connectivity index (χ2v) is 13.6. The first kappa shape index (κ1) is 28.1. The SMILES string of the molecule is COc1ccc(CCNC(=O)[C@@H]2c3ccccc3C(=O)N(CC34CC5CC(CC(C5)C3)C4)[C@H]2c2ccc(CO)cc2)cc1. The van der Waals surface area contributed by atoms with Crippen molar-refractivity contribution in [3.63, 3.8) is 0 Å². The molecule has 224 valence electrons. The molecule has 0 unspecified atom stereocenters. The van der Waals surface area contributed by atoms with Crippen molar-refractivity contribution in [2.24, 2.45) is 23.2 Å². The summed E-state index contributed by atoms with van der Waals surface area (Å²) in [6.45, 7) is 1.16. The molecule has 0 aromatic heterocycles. The van der Waals surface area contributed by atoms with Gasteiger partial charge in [0.2, 0.25) is 5.91 Å². The van der Waals surface area contributed by atoms with Crippen LogP contribution in [0.25, 0.3) is 0 Å². The molecule has 8 rings (SSSR count). The summed E-state index contributed by atoms with van der Waals surface area (Å²) < 4.78 is 5.28. The molecule has 6 nitrogen and oxygen atoms in total. The molecule has 2 amide bonds. The second-order valence-electron chi connectivity index (χ2n) is 13.6. The Balaban J connectivity index is 1.22. The number of ether oxygens (including phenoxy) is 1. The first-order valence-electron chi connectivity index (χ1n) is 16.0. The van der Waals surface area contributed by atoms with Crippen molar-refractivity contribution in [2.75, 3.05) is 20.2 Å². The van der Waals surface area contributed by atoms with E-state index < -0.39 is 12.0 Å². The summed E-state index contributed by atoms with van der Waals surface area (Å²) in [5.41, 5.74) is 4.47. The molecule has 4 aliphatic carbocycles. The largest absolute Gasteiger partial charge is 0.497 e. The van der Waals surface area contributed by atoms with E-state index in [0.29, 0.717) is 25.1 Å². The van der Waals surface area contributed by atoms with Crippen molar-refractivity contribution in [1.29, 1.82) is 0 Å². The number of methoxy groups -OCH3 is 1. The molecule has 1 aliphatic heterocycles. The van der Waals surface area contributed by atoms with Crippen LogP contribution in [-0.2, 0) is 17.8 Å². The molecule has 6 heteroatoms. The van der Waals surface area contributed by atoms with Gasteiger partial charge in [-0.1, -0.05) is 54.6 Å². The zero-order chi connectivity index (χ0) is 29.6. The van der Waals surface area contributed by atoms with Crippen molar-refractivity contribution in [1.82, 2.24) is 10.2 Å². The predicted molar refractivity (Wildman–Crippen MR) is 166 cm³/mol. The summed E-state index contributed by atoms with van der Waals surface area (Å²) in [6, 6.07) is 23.1. The van der Waals surface area contributed by atoms with Gasteiger partial charge in [-0.3, -0.25) is 9.59 Å². The molecule has 5 aliphatic rings. The molecule has 3 aromatic carbocycles. The molecular formula is C37H42N2O4. The van der Waals surface area contributed by atoms with Gasteiger partial charge >= 0.3 is 0 Å². The zero-order valence-corrected chi connectivity index (χ0v) is 25.0. The van der Waals surface area contributed by atoms with Crippen molar-refractivity contribution in [3.05, 3.63) is 101 Å². The highest BCUT2D eigenvalue weighted by Gasteiger charge is 2.54. The zero-order valence-electron chi connectivity index (χ0n) is 25.0. The van der Waals surface area contributed by atoms with Crippen LogP contribution in [0.2, 0.25) is 0 Å². The van der Waals surface area contributed by atoms with E-state index in [9.17, 15) is 14.7 Å². The number of rotatable bonds is 9. The number of amides is 2. The Morgan fingerprint density at radius 2 is 1.53 bits per heavy atom. The van der Waals surface area contributed by atoms with Gasteiger partial charge in [-0.15, -0.1) is 0 Å². The van der Waals surface area contributed by atoms with Gasteiger partial charge in [0.1, 0.15) is 5.75 Å². The molecule has 4 fully saturated rings. The van der Waals surface area contributed by atoms with E-state index in [0.717, 1.165) is 45.8 Å². The van der Waals surface area contributed by atoms with E-state index in [1.807, 2.05) is 72.8 Å². The lowest BCUT2D eigenvalue weighted by atomic mass is 9.49. The standard InChI is InChI=1S/C37H42N2O4/c1-43-30-12-8-24(9-13-30)14-15-38-35(41)33-31-4-2-3-5-32(31)36(42)39(34(33)29-10-6-25(22-40)7-11-29)23-37-19-26-16-27(20-37)18-28(17-26)21-37/h2-13,26-28,33-34,40H,14-23H2,1H3,(H,38,41)/t26?,27?,28?,33-,34+,37?/m1/s1. The Bertz CT molecular complexity index is 1450. The van der Waals surface area contributed by atoms with Crippen LogP contribution in [0.15, 0.2) is 72.8 Å². The Kier molecular flexibility index (Phi) is 7.50. The van der Waals surface area contributed by atoms with E-state index >= 15 is 0 Å². The third kappa shape index (κ3) is 5.35. The highest BCUT2D eigenvalue weighted by atomic mass is 16.5. The van der Waals surface area contributed by atoms with Crippen LogP contribution < -0.4 is 10.1 Å². The van der Waals surface area contributed by atoms with Gasteiger partial charge in [-0.25, -0.2) is 0 Å². The molecule has 4 bridgehead atoms. The Morgan fingerprint density at radius 3 is 2.16 bits per heavy atom. The van der Waals surface area contributed by atoms with Crippen LogP contribution in [0.5, 0.6) is 5.75 Å². The average Bonchev–Trinajstić information content (AvgIpc) is 3.02. The summed E-state index contributed by atoms with van der Waals surface area (Å²) in [6.07, 6.45) is 8.33. The van der Waals surface area contributed by atoms with Crippen LogP contribution in [0, 0.1) is 23.2 Å². The number of nitrogens with zero attached hydrogens (tertiary/aromatic N) is 1. The lowest BCUT2D eigenvalue weighted by molar-refractivity contribution is -0.125. The van der Waals surface area contributed by atoms with Crippen LogP contribution >= 0.6 is 0 Å². The second kappa shape index (κ2) is 11.5. The van der Waals surface area contributed by atoms with Gasteiger partial charge in [0.05, 0.1) is 25.7 Å². The Labute approximate surface area is 254 Å². The molecule has 1 heterocycles. The number of benzene rings is 3. The fourth-order valence-electron chi connectivity index (χ4n) is 9.32. The number of hydrogen-bond donors (Lipinski definition) is 2. The third-order valence-electron chi connectivity index (χ3n) is 10.8. The van der Waals surface area contributed by atoms with Gasteiger partial charge in [-0.05, 0) is 109 Å². The molecule has 2 atom stereocenters. The fourth-order valence-corrected chi connectivity index (χ4v) is 9.32. The molecule has 4 saturated carbocycles. The topological polar surface area (TPSA) is 78.9 Å². The smallest absolute Gasteiger partial charge is 0.254 e. The molecule has 0 saturated heterocycles. The molecule has 0 spiro atoms. The van der Waals surface area contributed by atoms with Crippen molar-refractivity contribution >= 4 is 11.8 Å². The van der Waals surface area contributed by atoms with Crippen LogP contribution in [0.3, 0.4) is 0 Å². The van der Waals surface area contributed by atoms with E-state index in [1.165, 1.54) is 38.5 Å². The average molecular weight is 579 g/mol. The lowest BCUT2D eigenvalue weighted by Crippen LogP contribution is -2.55. The van der Waals surface area contributed by atoms with Crippen molar-refractivity contribution < 1.29 is 19.4 Å². The number of carbonyl (C=O) groups excluding carboxylic acids is 2. The van der Waals surface area contributed by atoms with Gasteiger partial charge in [-0.2, -0.15) is 0 Å². The van der Waals surface area contributed by atoms with Crippen LogP contribution in [0.1, 0.15) is 83.1 Å². The number of aliphatic hydroxyl groups is 1. The normalized spacial score (nSPS) is 28.9. The minimum atomic E-state index is -0.529. The number of hydrogen-bond acceptors (Lipinski definition) is 4. The molecule has 2 N–H and O–H groups in total. The minimum absolute atomic E-state index is 0.0323. The highest BCUT2D eigenvalue weighted by molar-refractivity contribution is 6.01. The molecule has 3 aromatic rings. The minimum Gasteiger partial charge on any atom is -0.497 e. The fraction of sp³-hybridized carbons (Fsp3) is 0.459. The summed E-state index contributed by atoms with van der Waals surface area (Å²) in [5, 5.41) is 13.0. The maximum absolute atomic E-state index is 14.4. The van der Waals surface area contributed by atoms with Gasteiger partial charge < -0.3 is 20.1 Å². The highest BCUT2D eigenvalue weighted by Crippen LogP contribution is 2.61. The summed E-state index contributed by atoms with van der Waals surface area (Å²) in [7, 11) is 1.66. The molecular weight excluding hydrogens is 536 g/mol. The predicted octanol–water partition coefficient (Wildman–Crippen LogP) is 6.04. The quantitative estimate of drug-likeness (QED) is 0.324. The number of carbonyl (C=O) groups is 2. The first-order valence-corrected chi connectivity index (χ1v) is 16.0. The van der Waals surface area contributed by atoms with E-state index in [4.69, 9.17) is 4.74 Å². The Hall–Kier alpha value is -3.64. The van der Waals surface area contributed by atoms with Crippen molar-refractivity contribution in [3.8, 4) is 5.75 Å². The maximum atomic E-state index is 14.4. The van der Waals surface area contributed by atoms with Gasteiger partial charge in [0.15, 0.2) is 0 Å². The van der Waals surface area contributed by atoms with E-state index in [-0.39, 0.29) is 23.8 Å². The lowest BCUT2D eigenvalue weighted by Gasteiger charge is -2.59.